The Hall–Kier alpha value is -6.76. The van der Waals surface area contributed by atoms with Crippen molar-refractivity contribution in [2.45, 2.75) is 206 Å². The molecule has 1 fully saturated rings. The van der Waals surface area contributed by atoms with Gasteiger partial charge in [-0.25, -0.2) is 4.98 Å². The summed E-state index contributed by atoms with van der Waals surface area (Å²) in [4.78, 5) is 120. The Morgan fingerprint density at radius 3 is 1.38 bits per heavy atom. The Morgan fingerprint density at radius 1 is 0.482 bits per heavy atom. The van der Waals surface area contributed by atoms with Crippen molar-refractivity contribution in [1.82, 2.24) is 46.4 Å². The molecule has 1 aromatic carbocycles. The Labute approximate surface area is 677 Å². The first-order valence-electron chi connectivity index (χ1n) is 42.2. The molecular weight excluding hydrogens is 1470 g/mol. The van der Waals surface area contributed by atoms with Crippen molar-refractivity contribution in [3.63, 3.8) is 0 Å². The zero-order valence-electron chi connectivity index (χ0n) is 69.8. The fourth-order valence-electron chi connectivity index (χ4n) is 12.3. The van der Waals surface area contributed by atoms with Crippen LogP contribution in [0, 0.1) is 5.92 Å². The number of benzene rings is 1. The van der Waals surface area contributed by atoms with Crippen LogP contribution >= 0.6 is 0 Å². The number of aromatic nitrogens is 2. The predicted molar refractivity (Wildman–Crippen MR) is 438 cm³/mol. The number of guanidine groups is 1. The second kappa shape index (κ2) is 69.4. The maximum atomic E-state index is 14.7. The largest absolute Gasteiger partial charge is 0.382 e. The van der Waals surface area contributed by atoms with E-state index < -0.39 is 48.0 Å². The van der Waals surface area contributed by atoms with Crippen molar-refractivity contribution in [1.29, 1.82) is 0 Å². The highest BCUT2D eigenvalue weighted by atomic mass is 16.6. The third-order valence-electron chi connectivity index (χ3n) is 19.1. The fraction of sp³-hybridized carbons (Fsp3) is 0.802. The molecule has 654 valence electrons. The number of unbranched alkanes of at least 4 members (excludes halogenated alkanes) is 15. The average molecular weight is 1620 g/mol. The minimum atomic E-state index is -0.950. The van der Waals surface area contributed by atoms with Crippen LogP contribution in [0.15, 0.2) is 34.3 Å². The lowest BCUT2D eigenvalue weighted by molar-refractivity contribution is -0.138. The van der Waals surface area contributed by atoms with Gasteiger partial charge in [0.2, 0.25) is 41.4 Å². The van der Waals surface area contributed by atoms with Crippen LogP contribution in [0.1, 0.15) is 181 Å². The molecular formula is C81H145N13O20. The summed E-state index contributed by atoms with van der Waals surface area (Å²) in [5.74, 6) is -2.50. The SMILES string of the molecule is CCCCCCCCCCCCCCCC(=O)NCCCCCC(=O)NCCCC[C@H](NC(=O)[C@@H](NC(=O)CCOCCOCCOCCOCCOCCOCCOCCOCCOCCOCCOCCOC)[C@@H](C)CC)C(=O)N1CCN(c2ccc3ncn(CC(=O)N[C@@H](CCCN=C(N)N)C(=O)NC)c(=O)c3c2)CC1. The highest BCUT2D eigenvalue weighted by molar-refractivity contribution is 5.93. The summed E-state index contributed by atoms with van der Waals surface area (Å²) in [6, 6.07) is 2.50. The van der Waals surface area contributed by atoms with Gasteiger partial charge in [0.1, 0.15) is 24.7 Å². The number of likely N-dealkylation sites (N-methyl/N-ethyl adjacent to an activating group) is 1. The number of nitrogens with zero attached hydrogens (tertiary/aromatic N) is 5. The molecule has 1 saturated heterocycles. The molecule has 33 heteroatoms. The fourth-order valence-corrected chi connectivity index (χ4v) is 12.3. The molecule has 10 N–H and O–H groups in total. The normalized spacial score (nSPS) is 13.3. The number of hydrogen-bond donors (Lipinski definition) is 8. The first-order chi connectivity index (χ1) is 55.6. The van der Waals surface area contributed by atoms with Crippen LogP contribution in [0.25, 0.3) is 10.9 Å². The standard InChI is InChI=1S/C81H145N13O20/c1-6-8-9-10-11-12-13-14-15-16-17-18-20-28-72(95)85-33-23-19-21-29-73(96)86-34-24-22-26-71(80(102)93-38-36-92(37-39-93)67-30-31-69-68(63-67)79(101)94(65-88-69)64-75(98)89-70(77(99)84-4)27-25-35-87-81(82)83)90-78(100)76(66(3)7-2)91-74(97)32-40-104-43-44-106-47-48-108-51-52-110-55-56-112-59-60-114-62-61-113-58-57-111-54-53-109-50-49-107-46-45-105-42-41-103-5/h30-31,63,65-66,70-71,76H,6-29,32-62,64H2,1-5H3,(H,84,99)(H,85,95)(H,86,96)(H,89,98)(H,90,100)(H,91,97)(H4,82,83,87)/t66-,70-,71-,76-/m0/s1. The molecule has 0 unspecified atom stereocenters. The van der Waals surface area contributed by atoms with Gasteiger partial charge in [0.15, 0.2) is 5.96 Å². The molecule has 33 nitrogen and oxygen atoms in total. The van der Waals surface area contributed by atoms with Gasteiger partial charge in [-0.05, 0) is 75.5 Å². The van der Waals surface area contributed by atoms with Crippen LogP contribution in [-0.4, -0.2) is 292 Å². The summed E-state index contributed by atoms with van der Waals surface area (Å²) >= 11 is 0. The van der Waals surface area contributed by atoms with Crippen molar-refractivity contribution in [2.24, 2.45) is 22.4 Å². The number of rotatable bonds is 76. The molecule has 4 atom stereocenters. The Morgan fingerprint density at radius 2 is 0.921 bits per heavy atom. The molecule has 1 aliphatic rings. The van der Waals surface area contributed by atoms with E-state index in [1.54, 1.807) is 24.1 Å². The highest BCUT2D eigenvalue weighted by Gasteiger charge is 2.33. The van der Waals surface area contributed by atoms with Crippen molar-refractivity contribution < 1.29 is 90.4 Å². The number of aliphatic imine (C=N–C) groups is 1. The second-order valence-electron chi connectivity index (χ2n) is 28.3. The number of nitrogens with one attached hydrogen (secondary N) is 6. The summed E-state index contributed by atoms with van der Waals surface area (Å²) in [6.45, 7) is 18.1. The number of anilines is 1. The van der Waals surface area contributed by atoms with Gasteiger partial charge in [-0.3, -0.25) is 47.9 Å². The lowest BCUT2D eigenvalue weighted by Crippen LogP contribution is -2.58. The zero-order chi connectivity index (χ0) is 82.5. The number of ether oxygens (including phenoxy) is 12. The van der Waals surface area contributed by atoms with Crippen LogP contribution in [0.2, 0.25) is 0 Å². The van der Waals surface area contributed by atoms with Crippen LogP contribution in [-0.2, 0) is 96.9 Å². The maximum Gasteiger partial charge on any atom is 0.261 e. The predicted octanol–water partition coefficient (Wildman–Crippen LogP) is 5.01. The van der Waals surface area contributed by atoms with Gasteiger partial charge in [0.05, 0.1) is 169 Å². The van der Waals surface area contributed by atoms with Gasteiger partial charge < -0.3 is 110 Å². The third-order valence-corrected chi connectivity index (χ3v) is 19.1. The second-order valence-corrected chi connectivity index (χ2v) is 28.3. The van der Waals surface area contributed by atoms with E-state index in [0.717, 1.165) is 25.7 Å². The molecule has 2 heterocycles. The van der Waals surface area contributed by atoms with Crippen molar-refractivity contribution in [3.05, 3.63) is 34.9 Å². The van der Waals surface area contributed by atoms with Gasteiger partial charge in [-0.2, -0.15) is 0 Å². The van der Waals surface area contributed by atoms with Crippen molar-refractivity contribution >= 4 is 63.9 Å². The van der Waals surface area contributed by atoms with Crippen molar-refractivity contribution in [3.8, 4) is 0 Å². The number of piperazine rings is 1. The number of amides is 7. The maximum absolute atomic E-state index is 14.7. The van der Waals surface area contributed by atoms with E-state index in [-0.39, 0.29) is 86.5 Å². The average Bonchev–Trinajstić information content (AvgIpc) is 0.790. The molecule has 0 saturated carbocycles. The van der Waals surface area contributed by atoms with E-state index >= 15 is 0 Å². The third kappa shape index (κ3) is 51.3. The van der Waals surface area contributed by atoms with Gasteiger partial charge in [-0.1, -0.05) is 111 Å². The molecule has 7 amide bonds. The van der Waals surface area contributed by atoms with E-state index in [1.165, 1.54) is 88.6 Å². The topological polar surface area (TPSA) is 408 Å². The molecule has 0 spiro atoms. The lowest BCUT2D eigenvalue weighted by Gasteiger charge is -2.38. The number of carbonyl (C=O) groups is 7. The zero-order valence-corrected chi connectivity index (χ0v) is 69.8. The molecule has 1 aliphatic heterocycles. The van der Waals surface area contributed by atoms with E-state index in [1.807, 2.05) is 24.8 Å². The molecule has 0 bridgehead atoms. The number of nitrogens with two attached hydrogens (primary N) is 2. The summed E-state index contributed by atoms with van der Waals surface area (Å²) in [5, 5.41) is 17.5. The smallest absolute Gasteiger partial charge is 0.261 e. The van der Waals surface area contributed by atoms with Gasteiger partial charge in [0, 0.05) is 84.9 Å². The summed E-state index contributed by atoms with van der Waals surface area (Å²) in [5.41, 5.74) is 11.5. The van der Waals surface area contributed by atoms with E-state index in [4.69, 9.17) is 68.3 Å². The number of carbonyl (C=O) groups excluding carboxylic acids is 7. The summed E-state index contributed by atoms with van der Waals surface area (Å²) in [7, 11) is 3.10. The lowest BCUT2D eigenvalue weighted by atomic mass is 9.97. The molecule has 114 heavy (non-hydrogen) atoms. The van der Waals surface area contributed by atoms with E-state index in [0.29, 0.717) is 228 Å². The monoisotopic (exact) mass is 1620 g/mol. The van der Waals surface area contributed by atoms with Crippen LogP contribution in [0.4, 0.5) is 5.69 Å². The quantitative estimate of drug-likeness (QED) is 0.0245. The van der Waals surface area contributed by atoms with Gasteiger partial charge in [-0.15, -0.1) is 0 Å². The van der Waals surface area contributed by atoms with E-state index in [9.17, 15) is 38.4 Å². The first kappa shape index (κ1) is 101. The van der Waals surface area contributed by atoms with Crippen LogP contribution < -0.4 is 53.8 Å². The first-order valence-corrected chi connectivity index (χ1v) is 42.2. The molecule has 1 aromatic heterocycles. The van der Waals surface area contributed by atoms with Crippen molar-refractivity contribution in [2.75, 3.05) is 217 Å². The number of fused-ring (bicyclic) bond motifs is 1. The summed E-state index contributed by atoms with van der Waals surface area (Å²) < 4.78 is 67.0. The molecule has 0 aliphatic carbocycles. The molecule has 3 rings (SSSR count). The number of methoxy groups -OCH3 is 1. The highest BCUT2D eigenvalue weighted by Crippen LogP contribution is 2.22. The van der Waals surface area contributed by atoms with E-state index in [2.05, 4.69) is 48.8 Å². The number of hydrogen-bond acceptors (Lipinski definition) is 23. The van der Waals surface area contributed by atoms with Gasteiger partial charge in [0.25, 0.3) is 5.56 Å². The Balaban J connectivity index is 1.40. The summed E-state index contributed by atoms with van der Waals surface area (Å²) in [6.07, 6.45) is 23.4. The Bertz CT molecular complexity index is 2930. The van der Waals surface area contributed by atoms with Crippen LogP contribution in [0.5, 0.6) is 0 Å². The Kier molecular flexibility index (Phi) is 61.7. The minimum absolute atomic E-state index is 0.0123. The van der Waals surface area contributed by atoms with Gasteiger partial charge >= 0.3 is 0 Å². The molecule has 0 radical (unpaired) electrons. The molecule has 2 aromatic rings. The van der Waals surface area contributed by atoms with Crippen LogP contribution in [0.3, 0.4) is 0 Å². The minimum Gasteiger partial charge on any atom is -0.382 e.